The number of aryl methyl sites for hydroxylation is 1. The third-order valence-corrected chi connectivity index (χ3v) is 4.49. The lowest BCUT2D eigenvalue weighted by Gasteiger charge is -2.30. The van der Waals surface area contributed by atoms with E-state index in [9.17, 15) is 13.6 Å². The van der Waals surface area contributed by atoms with Crippen molar-refractivity contribution < 1.29 is 13.6 Å². The van der Waals surface area contributed by atoms with Crippen LogP contribution in [-0.4, -0.2) is 59.3 Å². The quantitative estimate of drug-likeness (QED) is 0.631. The third kappa shape index (κ3) is 4.94. The molecule has 0 radical (unpaired) electrons. The van der Waals surface area contributed by atoms with Crippen molar-refractivity contribution in [2.24, 2.45) is 4.99 Å². The van der Waals surface area contributed by atoms with Crippen molar-refractivity contribution in [1.29, 1.82) is 0 Å². The minimum absolute atomic E-state index is 0.0273. The SMILES string of the molecule is Cc1nc(N/C(=N/C(=O)C(F)F)NC2CCN(C)CC2)nc2ccccc12. The fourth-order valence-corrected chi connectivity index (χ4v) is 3.00. The van der Waals surface area contributed by atoms with Crippen LogP contribution in [0.4, 0.5) is 14.7 Å². The summed E-state index contributed by atoms with van der Waals surface area (Å²) in [6.07, 6.45) is -1.53. The van der Waals surface area contributed by atoms with Crippen LogP contribution in [0.3, 0.4) is 0 Å². The van der Waals surface area contributed by atoms with E-state index in [1.165, 1.54) is 0 Å². The Morgan fingerprint density at radius 1 is 1.26 bits per heavy atom. The van der Waals surface area contributed by atoms with E-state index in [-0.39, 0.29) is 17.9 Å². The van der Waals surface area contributed by atoms with E-state index in [2.05, 4.69) is 30.5 Å². The highest BCUT2D eigenvalue weighted by molar-refractivity contribution is 6.01. The van der Waals surface area contributed by atoms with Gasteiger partial charge >= 0.3 is 12.3 Å². The summed E-state index contributed by atoms with van der Waals surface area (Å²) in [6.45, 7) is 3.58. The zero-order valence-corrected chi connectivity index (χ0v) is 15.2. The van der Waals surface area contributed by atoms with Crippen molar-refractivity contribution in [3.63, 3.8) is 0 Å². The van der Waals surface area contributed by atoms with E-state index in [1.54, 1.807) is 0 Å². The van der Waals surface area contributed by atoms with Crippen molar-refractivity contribution in [2.75, 3.05) is 25.5 Å². The van der Waals surface area contributed by atoms with Gasteiger partial charge in [-0.2, -0.15) is 13.8 Å². The molecule has 1 aliphatic heterocycles. The second-order valence-corrected chi connectivity index (χ2v) is 6.60. The predicted molar refractivity (Wildman–Crippen MR) is 100.0 cm³/mol. The number of carbonyl (C=O) groups is 1. The number of piperidine rings is 1. The third-order valence-electron chi connectivity index (χ3n) is 4.49. The lowest BCUT2D eigenvalue weighted by atomic mass is 10.1. The van der Waals surface area contributed by atoms with Crippen LogP contribution in [0.2, 0.25) is 0 Å². The van der Waals surface area contributed by atoms with Gasteiger partial charge in [0.1, 0.15) is 0 Å². The standard InChI is InChI=1S/C18H22F2N6O/c1-11-13-5-3-4-6-14(13)23-17(21-11)25-18(24-16(27)15(19)20)22-12-7-9-26(2)10-8-12/h3-6,12,15H,7-10H2,1-2H3,(H2,21,22,23,24,25,27). The molecule has 2 heterocycles. The maximum atomic E-state index is 12.7. The van der Waals surface area contributed by atoms with Gasteiger partial charge in [0, 0.05) is 11.4 Å². The van der Waals surface area contributed by atoms with Gasteiger partial charge in [-0.15, -0.1) is 0 Å². The zero-order valence-electron chi connectivity index (χ0n) is 15.2. The molecule has 0 spiro atoms. The molecule has 0 unspecified atom stereocenters. The highest BCUT2D eigenvalue weighted by Gasteiger charge is 2.21. The van der Waals surface area contributed by atoms with E-state index in [0.717, 1.165) is 37.0 Å². The van der Waals surface area contributed by atoms with Gasteiger partial charge in [-0.1, -0.05) is 18.2 Å². The lowest BCUT2D eigenvalue weighted by Crippen LogP contribution is -2.46. The number of hydrogen-bond donors (Lipinski definition) is 2. The average Bonchev–Trinajstić information content (AvgIpc) is 2.63. The second kappa shape index (κ2) is 8.34. The van der Waals surface area contributed by atoms with Crippen molar-refractivity contribution >= 4 is 28.7 Å². The number of hydrogen-bond acceptors (Lipinski definition) is 4. The van der Waals surface area contributed by atoms with Gasteiger partial charge in [-0.3, -0.25) is 10.1 Å². The number of aromatic nitrogens is 2. The van der Waals surface area contributed by atoms with Gasteiger partial charge in [-0.25, -0.2) is 9.97 Å². The van der Waals surface area contributed by atoms with Crippen molar-refractivity contribution in [3.8, 4) is 0 Å². The smallest absolute Gasteiger partial charge is 0.317 e. The Balaban J connectivity index is 1.83. The van der Waals surface area contributed by atoms with Crippen LogP contribution in [0.15, 0.2) is 29.3 Å². The number of halogens is 2. The summed E-state index contributed by atoms with van der Waals surface area (Å²) in [5.41, 5.74) is 1.45. The molecule has 1 aliphatic rings. The van der Waals surface area contributed by atoms with Gasteiger partial charge in [-0.05, 0) is 46.0 Å². The Morgan fingerprint density at radius 3 is 2.67 bits per heavy atom. The Labute approximate surface area is 155 Å². The molecular formula is C18H22F2N6O. The van der Waals surface area contributed by atoms with E-state index in [0.29, 0.717) is 5.52 Å². The van der Waals surface area contributed by atoms with Gasteiger partial charge in [0.2, 0.25) is 11.9 Å². The average molecular weight is 376 g/mol. The Morgan fingerprint density at radius 2 is 1.96 bits per heavy atom. The minimum Gasteiger partial charge on any atom is -0.353 e. The molecule has 7 nitrogen and oxygen atoms in total. The summed E-state index contributed by atoms with van der Waals surface area (Å²) in [6, 6.07) is 7.51. The summed E-state index contributed by atoms with van der Waals surface area (Å²) in [5.74, 6) is -1.35. The van der Waals surface area contributed by atoms with Crippen LogP contribution in [0.25, 0.3) is 10.9 Å². The molecule has 144 valence electrons. The number of para-hydroxylation sites is 1. The van der Waals surface area contributed by atoms with Crippen molar-refractivity contribution in [3.05, 3.63) is 30.0 Å². The molecule has 1 amide bonds. The fraction of sp³-hybridized carbons (Fsp3) is 0.444. The second-order valence-electron chi connectivity index (χ2n) is 6.60. The van der Waals surface area contributed by atoms with Gasteiger partial charge in [0.05, 0.1) is 11.2 Å². The first kappa shape index (κ1) is 19.1. The first-order valence-corrected chi connectivity index (χ1v) is 8.78. The van der Waals surface area contributed by atoms with Gasteiger partial charge in [0.25, 0.3) is 0 Å². The Hall–Kier alpha value is -2.68. The molecular weight excluding hydrogens is 354 g/mol. The van der Waals surface area contributed by atoms with Crippen LogP contribution in [-0.2, 0) is 4.79 Å². The van der Waals surface area contributed by atoms with E-state index in [1.807, 2.05) is 38.2 Å². The van der Waals surface area contributed by atoms with Crippen molar-refractivity contribution in [2.45, 2.75) is 32.2 Å². The number of nitrogens with zero attached hydrogens (tertiary/aromatic N) is 4. The van der Waals surface area contributed by atoms with Crippen LogP contribution in [0, 0.1) is 6.92 Å². The summed E-state index contributed by atoms with van der Waals surface area (Å²) in [5, 5.41) is 6.76. The normalized spacial score (nSPS) is 16.7. The highest BCUT2D eigenvalue weighted by Crippen LogP contribution is 2.17. The van der Waals surface area contributed by atoms with E-state index < -0.39 is 12.3 Å². The Kier molecular flexibility index (Phi) is 5.90. The molecule has 0 saturated carbocycles. The number of nitrogens with one attached hydrogen (secondary N) is 2. The number of benzene rings is 1. The molecule has 3 rings (SSSR count). The number of rotatable bonds is 3. The van der Waals surface area contributed by atoms with Crippen LogP contribution >= 0.6 is 0 Å². The van der Waals surface area contributed by atoms with E-state index >= 15 is 0 Å². The number of likely N-dealkylation sites (tertiary alicyclic amines) is 1. The van der Waals surface area contributed by atoms with Crippen LogP contribution in [0.5, 0.6) is 0 Å². The molecule has 27 heavy (non-hydrogen) atoms. The monoisotopic (exact) mass is 376 g/mol. The molecule has 1 fully saturated rings. The number of fused-ring (bicyclic) bond motifs is 1. The summed E-state index contributed by atoms with van der Waals surface area (Å²) >= 11 is 0. The summed E-state index contributed by atoms with van der Waals surface area (Å²) in [7, 11) is 2.02. The topological polar surface area (TPSA) is 82.5 Å². The first-order chi connectivity index (χ1) is 12.9. The fourth-order valence-electron chi connectivity index (χ4n) is 3.00. The maximum Gasteiger partial charge on any atom is 0.317 e. The molecule has 2 aromatic rings. The lowest BCUT2D eigenvalue weighted by molar-refractivity contribution is -0.128. The van der Waals surface area contributed by atoms with Crippen LogP contribution < -0.4 is 10.6 Å². The number of aliphatic imine (C=N–C) groups is 1. The number of carbonyl (C=O) groups excluding carboxylic acids is 1. The Bertz CT molecular complexity index is 849. The molecule has 0 atom stereocenters. The van der Waals surface area contributed by atoms with Gasteiger partial charge < -0.3 is 10.2 Å². The molecule has 1 saturated heterocycles. The molecule has 1 aromatic heterocycles. The molecule has 2 N–H and O–H groups in total. The zero-order chi connectivity index (χ0) is 19.4. The van der Waals surface area contributed by atoms with Crippen LogP contribution in [0.1, 0.15) is 18.5 Å². The van der Waals surface area contributed by atoms with Gasteiger partial charge in [0.15, 0.2) is 0 Å². The first-order valence-electron chi connectivity index (χ1n) is 8.78. The minimum atomic E-state index is -3.17. The summed E-state index contributed by atoms with van der Waals surface area (Å²) in [4.78, 5) is 25.9. The molecule has 9 heteroatoms. The molecule has 0 bridgehead atoms. The molecule has 0 aliphatic carbocycles. The number of guanidine groups is 1. The predicted octanol–water partition coefficient (Wildman–Crippen LogP) is 2.18. The maximum absolute atomic E-state index is 12.7. The largest absolute Gasteiger partial charge is 0.353 e. The number of anilines is 1. The number of alkyl halides is 2. The highest BCUT2D eigenvalue weighted by atomic mass is 19.3. The summed E-state index contributed by atoms with van der Waals surface area (Å²) < 4.78 is 25.4. The van der Waals surface area contributed by atoms with E-state index in [4.69, 9.17) is 0 Å². The number of amides is 1. The molecule has 1 aromatic carbocycles. The van der Waals surface area contributed by atoms with Crippen molar-refractivity contribution in [1.82, 2.24) is 20.2 Å².